The fourth-order valence-electron chi connectivity index (χ4n) is 2.68. The number of hydrogen-bond donors (Lipinski definition) is 1. The lowest BCUT2D eigenvalue weighted by Crippen LogP contribution is -2.28. The van der Waals surface area contributed by atoms with Crippen LogP contribution in [0.2, 0.25) is 0 Å². The van der Waals surface area contributed by atoms with E-state index in [1.807, 2.05) is 39.8 Å². The minimum absolute atomic E-state index is 0.212. The summed E-state index contributed by atoms with van der Waals surface area (Å²) in [4.78, 5) is 20.5. The summed E-state index contributed by atoms with van der Waals surface area (Å²) in [6.45, 7) is 8.88. The molecule has 7 heteroatoms. The van der Waals surface area contributed by atoms with Crippen molar-refractivity contribution in [3.8, 4) is 0 Å². The third-order valence-electron chi connectivity index (χ3n) is 3.99. The van der Waals surface area contributed by atoms with Crippen LogP contribution in [0.4, 0.5) is 5.82 Å². The first-order valence-electron chi connectivity index (χ1n) is 7.57. The van der Waals surface area contributed by atoms with Crippen LogP contribution in [-0.2, 0) is 6.54 Å². The predicted octanol–water partition coefficient (Wildman–Crippen LogP) is 1.63. The highest BCUT2D eigenvalue weighted by molar-refractivity contribution is 5.54. The Balaban J connectivity index is 1.84. The zero-order valence-corrected chi connectivity index (χ0v) is 13.8. The molecule has 3 aromatic heterocycles. The standard InChI is InChI=1S/C16H20N6O/c1-10-9-11(2)21(16(23)19-10)8-7-17-15-12(3)13(4)20-14-5-6-18-22(14)15/h5-6,9,17H,7-8H2,1-4H3. The first-order chi connectivity index (χ1) is 11.0. The molecule has 1 N–H and O–H groups in total. The molecule has 0 aliphatic heterocycles. The van der Waals surface area contributed by atoms with Gasteiger partial charge in [0.2, 0.25) is 0 Å². The first kappa shape index (κ1) is 15.2. The van der Waals surface area contributed by atoms with Gasteiger partial charge in [-0.2, -0.15) is 14.6 Å². The minimum Gasteiger partial charge on any atom is -0.368 e. The molecule has 0 unspecified atom stereocenters. The van der Waals surface area contributed by atoms with E-state index in [2.05, 4.69) is 20.4 Å². The Morgan fingerprint density at radius 3 is 2.70 bits per heavy atom. The molecule has 0 atom stereocenters. The fourth-order valence-corrected chi connectivity index (χ4v) is 2.68. The maximum absolute atomic E-state index is 12.0. The number of nitrogens with zero attached hydrogens (tertiary/aromatic N) is 5. The molecule has 0 aliphatic rings. The van der Waals surface area contributed by atoms with Gasteiger partial charge in [-0.05, 0) is 33.8 Å². The van der Waals surface area contributed by atoms with E-state index in [9.17, 15) is 4.79 Å². The second-order valence-corrected chi connectivity index (χ2v) is 5.67. The number of fused-ring (bicyclic) bond motifs is 1. The molecule has 3 heterocycles. The maximum atomic E-state index is 12.0. The Hall–Kier alpha value is -2.70. The van der Waals surface area contributed by atoms with Crippen molar-refractivity contribution in [3.05, 3.63) is 51.5 Å². The Morgan fingerprint density at radius 1 is 1.17 bits per heavy atom. The second kappa shape index (κ2) is 5.83. The molecule has 0 amide bonds. The van der Waals surface area contributed by atoms with Crippen molar-refractivity contribution in [2.24, 2.45) is 0 Å². The van der Waals surface area contributed by atoms with Crippen LogP contribution >= 0.6 is 0 Å². The zero-order chi connectivity index (χ0) is 16.6. The molecule has 0 aliphatic carbocycles. The first-order valence-corrected chi connectivity index (χ1v) is 7.57. The van der Waals surface area contributed by atoms with Gasteiger partial charge in [-0.15, -0.1) is 0 Å². The van der Waals surface area contributed by atoms with Crippen LogP contribution in [0.1, 0.15) is 22.6 Å². The van der Waals surface area contributed by atoms with Crippen molar-refractivity contribution in [2.75, 3.05) is 11.9 Å². The summed E-state index contributed by atoms with van der Waals surface area (Å²) in [5, 5.41) is 7.68. The van der Waals surface area contributed by atoms with Gasteiger partial charge in [0.15, 0.2) is 5.65 Å². The lowest BCUT2D eigenvalue weighted by atomic mass is 10.2. The van der Waals surface area contributed by atoms with Crippen LogP contribution in [0.15, 0.2) is 23.1 Å². The molecule has 0 bridgehead atoms. The van der Waals surface area contributed by atoms with E-state index in [1.54, 1.807) is 15.3 Å². The van der Waals surface area contributed by atoms with Crippen molar-refractivity contribution in [1.29, 1.82) is 0 Å². The molecule has 120 valence electrons. The number of nitrogens with one attached hydrogen (secondary N) is 1. The molecule has 0 aromatic carbocycles. The van der Waals surface area contributed by atoms with Crippen molar-refractivity contribution >= 4 is 11.5 Å². The number of hydrogen-bond acceptors (Lipinski definition) is 5. The van der Waals surface area contributed by atoms with Crippen molar-refractivity contribution in [3.63, 3.8) is 0 Å². The van der Waals surface area contributed by atoms with Gasteiger partial charge in [0.05, 0.1) is 6.20 Å². The molecule has 3 rings (SSSR count). The van der Waals surface area contributed by atoms with E-state index in [0.717, 1.165) is 34.1 Å². The van der Waals surface area contributed by atoms with Crippen molar-refractivity contribution in [2.45, 2.75) is 34.2 Å². The highest BCUT2D eigenvalue weighted by atomic mass is 16.1. The van der Waals surface area contributed by atoms with Gasteiger partial charge >= 0.3 is 5.69 Å². The SMILES string of the molecule is Cc1cc(C)n(CCNc2c(C)c(C)nc3ccnn23)c(=O)n1. The molecule has 0 saturated heterocycles. The van der Waals surface area contributed by atoms with Crippen LogP contribution in [0.25, 0.3) is 5.65 Å². The molecule has 0 spiro atoms. The normalized spacial score (nSPS) is 11.1. The zero-order valence-electron chi connectivity index (χ0n) is 13.8. The van der Waals surface area contributed by atoms with E-state index in [0.29, 0.717) is 13.1 Å². The monoisotopic (exact) mass is 312 g/mol. The third kappa shape index (κ3) is 2.81. The van der Waals surface area contributed by atoms with Crippen molar-refractivity contribution < 1.29 is 0 Å². The van der Waals surface area contributed by atoms with E-state index < -0.39 is 0 Å². The molecule has 7 nitrogen and oxygen atoms in total. The number of aromatic nitrogens is 5. The molecule has 0 fully saturated rings. The summed E-state index contributed by atoms with van der Waals surface area (Å²) in [7, 11) is 0. The Labute approximate surface area is 134 Å². The average Bonchev–Trinajstić information content (AvgIpc) is 2.93. The predicted molar refractivity (Wildman–Crippen MR) is 88.9 cm³/mol. The lowest BCUT2D eigenvalue weighted by molar-refractivity contribution is 0.645. The van der Waals surface area contributed by atoms with Gasteiger partial charge in [0, 0.05) is 41.8 Å². The van der Waals surface area contributed by atoms with Gasteiger partial charge in [0.1, 0.15) is 5.82 Å². The average molecular weight is 312 g/mol. The number of aryl methyl sites for hydroxylation is 3. The van der Waals surface area contributed by atoms with Gasteiger partial charge < -0.3 is 5.32 Å². The summed E-state index contributed by atoms with van der Waals surface area (Å²) in [5.41, 5.74) is 4.27. The Kier molecular flexibility index (Phi) is 3.85. The van der Waals surface area contributed by atoms with E-state index >= 15 is 0 Å². The largest absolute Gasteiger partial charge is 0.368 e. The summed E-state index contributed by atoms with van der Waals surface area (Å²) < 4.78 is 3.45. The van der Waals surface area contributed by atoms with Crippen LogP contribution in [0.5, 0.6) is 0 Å². The molecular formula is C16H20N6O. The highest BCUT2D eigenvalue weighted by Crippen LogP contribution is 2.18. The summed E-state index contributed by atoms with van der Waals surface area (Å²) in [5.74, 6) is 0.906. The maximum Gasteiger partial charge on any atom is 0.348 e. The number of anilines is 1. The molecular weight excluding hydrogens is 292 g/mol. The van der Waals surface area contributed by atoms with E-state index in [4.69, 9.17) is 0 Å². The minimum atomic E-state index is -0.212. The molecule has 3 aromatic rings. The summed E-state index contributed by atoms with van der Waals surface area (Å²) >= 11 is 0. The van der Waals surface area contributed by atoms with E-state index in [1.165, 1.54) is 0 Å². The second-order valence-electron chi connectivity index (χ2n) is 5.67. The Morgan fingerprint density at radius 2 is 1.96 bits per heavy atom. The van der Waals surface area contributed by atoms with Gasteiger partial charge in [0.25, 0.3) is 0 Å². The van der Waals surface area contributed by atoms with Crippen LogP contribution < -0.4 is 11.0 Å². The molecule has 23 heavy (non-hydrogen) atoms. The summed E-state index contributed by atoms with van der Waals surface area (Å²) in [6.07, 6.45) is 1.73. The van der Waals surface area contributed by atoms with E-state index in [-0.39, 0.29) is 5.69 Å². The lowest BCUT2D eigenvalue weighted by Gasteiger charge is -2.14. The fraction of sp³-hybridized carbons (Fsp3) is 0.375. The van der Waals surface area contributed by atoms with Crippen LogP contribution in [0.3, 0.4) is 0 Å². The van der Waals surface area contributed by atoms with Gasteiger partial charge in [-0.3, -0.25) is 4.57 Å². The van der Waals surface area contributed by atoms with Crippen LogP contribution in [-0.4, -0.2) is 30.7 Å². The quantitative estimate of drug-likeness (QED) is 0.792. The van der Waals surface area contributed by atoms with Crippen molar-refractivity contribution in [1.82, 2.24) is 24.1 Å². The van der Waals surface area contributed by atoms with Gasteiger partial charge in [-0.1, -0.05) is 0 Å². The van der Waals surface area contributed by atoms with Gasteiger partial charge in [-0.25, -0.2) is 9.78 Å². The number of rotatable bonds is 4. The molecule has 0 radical (unpaired) electrons. The van der Waals surface area contributed by atoms with Crippen LogP contribution in [0, 0.1) is 27.7 Å². The Bertz CT molecular complexity index is 924. The summed E-state index contributed by atoms with van der Waals surface area (Å²) in [6, 6.07) is 3.78. The topological polar surface area (TPSA) is 77.1 Å². The third-order valence-corrected chi connectivity index (χ3v) is 3.99. The smallest absolute Gasteiger partial charge is 0.348 e. The highest BCUT2D eigenvalue weighted by Gasteiger charge is 2.10. The molecule has 0 saturated carbocycles.